The maximum atomic E-state index is 12.6. The average molecular weight is 292 g/mol. The van der Waals surface area contributed by atoms with E-state index < -0.39 is 18.1 Å². The van der Waals surface area contributed by atoms with Crippen LogP contribution in [-0.2, 0) is 4.79 Å². The normalized spacial score (nSPS) is 21.4. The number of carbonyl (C=O) groups excluding carboxylic acids is 1. The largest absolute Gasteiger partial charge is 0.480 e. The molecule has 2 rings (SSSR count). The number of hydrogen-bond donors (Lipinski definition) is 2. The van der Waals surface area contributed by atoms with Gasteiger partial charge in [-0.1, -0.05) is 12.1 Å². The number of urea groups is 1. The summed E-state index contributed by atoms with van der Waals surface area (Å²) in [6, 6.07) is 6.13. The van der Waals surface area contributed by atoms with Crippen LogP contribution in [0.25, 0.3) is 0 Å². The summed E-state index contributed by atoms with van der Waals surface area (Å²) < 4.78 is 0. The summed E-state index contributed by atoms with van der Waals surface area (Å²) in [6.45, 7) is 4.25. The summed E-state index contributed by atoms with van der Waals surface area (Å²) in [5.74, 6) is -1.08. The number of benzene rings is 1. The van der Waals surface area contributed by atoms with Crippen LogP contribution >= 0.6 is 0 Å². The molecule has 6 heteroatoms. The first kappa shape index (κ1) is 15.3. The monoisotopic (exact) mass is 292 g/mol. The van der Waals surface area contributed by atoms with Gasteiger partial charge in [0.05, 0.1) is 6.10 Å². The molecule has 1 aliphatic rings. The second-order valence-corrected chi connectivity index (χ2v) is 5.26. The highest BCUT2D eigenvalue weighted by Crippen LogP contribution is 2.23. The van der Waals surface area contributed by atoms with Gasteiger partial charge < -0.3 is 15.1 Å². The van der Waals surface area contributed by atoms with Crippen LogP contribution in [0.4, 0.5) is 10.5 Å². The minimum absolute atomic E-state index is 0.0537. The van der Waals surface area contributed by atoms with Crippen molar-refractivity contribution in [2.24, 2.45) is 0 Å². The Morgan fingerprint density at radius 2 is 2.14 bits per heavy atom. The number of likely N-dealkylation sites (tertiary alicyclic amines) is 1. The van der Waals surface area contributed by atoms with Crippen LogP contribution in [0.1, 0.15) is 18.9 Å². The Bertz CT molecular complexity index is 546. The van der Waals surface area contributed by atoms with Crippen molar-refractivity contribution in [1.82, 2.24) is 4.90 Å². The zero-order chi connectivity index (χ0) is 15.6. The van der Waals surface area contributed by atoms with E-state index in [9.17, 15) is 19.8 Å². The molecule has 0 bridgehead atoms. The molecular formula is C15H20N2O4. The number of nitrogens with zero attached hydrogens (tertiary/aromatic N) is 2. The topological polar surface area (TPSA) is 81.1 Å². The van der Waals surface area contributed by atoms with Crippen molar-refractivity contribution >= 4 is 17.7 Å². The first-order valence-electron chi connectivity index (χ1n) is 6.99. The predicted octanol–water partition coefficient (Wildman–Crippen LogP) is 1.46. The van der Waals surface area contributed by atoms with Crippen LogP contribution in [-0.4, -0.2) is 52.3 Å². The fourth-order valence-corrected chi connectivity index (χ4v) is 2.64. The van der Waals surface area contributed by atoms with Gasteiger partial charge in [-0.3, -0.25) is 4.90 Å². The Morgan fingerprint density at radius 3 is 2.71 bits per heavy atom. The molecule has 2 N–H and O–H groups in total. The molecule has 1 aromatic rings. The van der Waals surface area contributed by atoms with Crippen LogP contribution in [0.3, 0.4) is 0 Å². The first-order valence-corrected chi connectivity index (χ1v) is 6.99. The van der Waals surface area contributed by atoms with Gasteiger partial charge in [-0.25, -0.2) is 9.59 Å². The molecule has 114 valence electrons. The molecule has 0 radical (unpaired) electrons. The molecule has 1 heterocycles. The Kier molecular flexibility index (Phi) is 4.47. The summed E-state index contributed by atoms with van der Waals surface area (Å²) in [5, 5.41) is 18.9. The van der Waals surface area contributed by atoms with Gasteiger partial charge in [-0.2, -0.15) is 0 Å². The smallest absolute Gasteiger partial charge is 0.326 e. The van der Waals surface area contributed by atoms with Crippen LogP contribution < -0.4 is 4.90 Å². The number of aliphatic hydroxyl groups excluding tert-OH is 1. The molecule has 0 aromatic heterocycles. The van der Waals surface area contributed by atoms with Gasteiger partial charge in [0, 0.05) is 25.2 Å². The van der Waals surface area contributed by atoms with Gasteiger partial charge in [-0.15, -0.1) is 0 Å². The van der Waals surface area contributed by atoms with Crippen LogP contribution in [0.15, 0.2) is 24.3 Å². The van der Waals surface area contributed by atoms with Crippen LogP contribution in [0.5, 0.6) is 0 Å². The standard InChI is InChI=1S/C15H20N2O4/c1-3-16(11-6-4-5-10(2)7-11)15(21)17-9-12(18)8-13(17)14(19)20/h4-7,12-13,18H,3,8-9H2,1-2H3,(H,19,20)/t12-,13-/m1/s1. The minimum atomic E-state index is -1.08. The number of aryl methyl sites for hydroxylation is 1. The Morgan fingerprint density at radius 1 is 1.43 bits per heavy atom. The molecule has 1 aliphatic heterocycles. The number of carbonyl (C=O) groups is 2. The number of carboxylic acid groups (broad SMARTS) is 1. The number of aliphatic hydroxyl groups is 1. The fraction of sp³-hybridized carbons (Fsp3) is 0.467. The maximum Gasteiger partial charge on any atom is 0.326 e. The quantitative estimate of drug-likeness (QED) is 0.883. The summed E-state index contributed by atoms with van der Waals surface area (Å²) >= 11 is 0. The summed E-state index contributed by atoms with van der Waals surface area (Å²) in [6.07, 6.45) is -0.710. The minimum Gasteiger partial charge on any atom is -0.480 e. The van der Waals surface area contributed by atoms with E-state index in [0.29, 0.717) is 6.54 Å². The lowest BCUT2D eigenvalue weighted by Crippen LogP contribution is -2.48. The van der Waals surface area contributed by atoms with E-state index in [-0.39, 0.29) is 19.0 Å². The van der Waals surface area contributed by atoms with E-state index in [1.54, 1.807) is 0 Å². The van der Waals surface area contributed by atoms with Gasteiger partial charge in [0.25, 0.3) is 0 Å². The Labute approximate surface area is 123 Å². The zero-order valence-corrected chi connectivity index (χ0v) is 12.2. The van der Waals surface area contributed by atoms with Crippen molar-refractivity contribution in [1.29, 1.82) is 0 Å². The van der Waals surface area contributed by atoms with Crippen LogP contribution in [0, 0.1) is 6.92 Å². The second-order valence-electron chi connectivity index (χ2n) is 5.26. The SMILES string of the molecule is CCN(C(=O)N1C[C@H](O)C[C@@H]1C(=O)O)c1cccc(C)c1. The maximum absolute atomic E-state index is 12.6. The van der Waals surface area contributed by atoms with Crippen molar-refractivity contribution < 1.29 is 19.8 Å². The molecule has 2 amide bonds. The average Bonchev–Trinajstić information content (AvgIpc) is 2.82. The molecule has 1 aromatic carbocycles. The number of β-amino-alcohol motifs (C(OH)–C–C–N with tert-alkyl or cyclic N) is 1. The highest BCUT2D eigenvalue weighted by Gasteiger charge is 2.40. The molecule has 0 saturated carbocycles. The number of aliphatic carboxylic acids is 1. The van der Waals surface area contributed by atoms with Gasteiger partial charge in [0.15, 0.2) is 0 Å². The van der Waals surface area contributed by atoms with Crippen molar-refractivity contribution in [2.45, 2.75) is 32.4 Å². The number of carboxylic acids is 1. The van der Waals surface area contributed by atoms with Gasteiger partial charge in [0.2, 0.25) is 0 Å². The molecule has 0 aliphatic carbocycles. The molecule has 0 unspecified atom stereocenters. The third-order valence-electron chi connectivity index (χ3n) is 3.67. The molecular weight excluding hydrogens is 272 g/mol. The first-order chi connectivity index (χ1) is 9.93. The van der Waals surface area contributed by atoms with Crippen LogP contribution in [0.2, 0.25) is 0 Å². The van der Waals surface area contributed by atoms with Crippen molar-refractivity contribution in [3.05, 3.63) is 29.8 Å². The van der Waals surface area contributed by atoms with E-state index in [1.165, 1.54) is 9.80 Å². The summed E-state index contributed by atoms with van der Waals surface area (Å²) in [5.41, 5.74) is 1.75. The molecule has 6 nitrogen and oxygen atoms in total. The Hall–Kier alpha value is -2.08. The number of amides is 2. The highest BCUT2D eigenvalue weighted by atomic mass is 16.4. The second kappa shape index (κ2) is 6.13. The third-order valence-corrected chi connectivity index (χ3v) is 3.67. The van der Waals surface area contributed by atoms with E-state index in [0.717, 1.165) is 11.3 Å². The van der Waals surface area contributed by atoms with Gasteiger partial charge >= 0.3 is 12.0 Å². The van der Waals surface area contributed by atoms with E-state index in [2.05, 4.69) is 0 Å². The lowest BCUT2D eigenvalue weighted by Gasteiger charge is -2.29. The van der Waals surface area contributed by atoms with Gasteiger partial charge in [0.1, 0.15) is 6.04 Å². The van der Waals surface area contributed by atoms with Crippen molar-refractivity contribution in [3.8, 4) is 0 Å². The molecule has 0 spiro atoms. The summed E-state index contributed by atoms with van der Waals surface area (Å²) in [7, 11) is 0. The molecule has 2 atom stereocenters. The van der Waals surface area contributed by atoms with Crippen molar-refractivity contribution in [2.75, 3.05) is 18.0 Å². The zero-order valence-electron chi connectivity index (χ0n) is 12.2. The number of hydrogen-bond acceptors (Lipinski definition) is 3. The van der Waals surface area contributed by atoms with Gasteiger partial charge in [-0.05, 0) is 31.5 Å². The fourth-order valence-electron chi connectivity index (χ4n) is 2.64. The van der Waals surface area contributed by atoms with Crippen molar-refractivity contribution in [3.63, 3.8) is 0 Å². The highest BCUT2D eigenvalue weighted by molar-refractivity contribution is 5.95. The van der Waals surface area contributed by atoms with E-state index in [1.807, 2.05) is 38.1 Å². The number of rotatable bonds is 3. The molecule has 21 heavy (non-hydrogen) atoms. The Balaban J connectivity index is 2.26. The van der Waals surface area contributed by atoms with E-state index >= 15 is 0 Å². The predicted molar refractivity (Wildman–Crippen MR) is 78.3 cm³/mol. The third kappa shape index (κ3) is 3.16. The molecule has 1 fully saturated rings. The molecule has 1 saturated heterocycles. The lowest BCUT2D eigenvalue weighted by molar-refractivity contribution is -0.141. The number of anilines is 1. The lowest BCUT2D eigenvalue weighted by atomic mass is 10.2. The summed E-state index contributed by atoms with van der Waals surface area (Å²) in [4.78, 5) is 26.6. The van der Waals surface area contributed by atoms with E-state index in [4.69, 9.17) is 0 Å².